The van der Waals surface area contributed by atoms with Gasteiger partial charge in [-0.25, -0.2) is 0 Å². The zero-order valence-corrected chi connectivity index (χ0v) is 11.4. The molecule has 1 heterocycles. The van der Waals surface area contributed by atoms with Crippen LogP contribution in [0.5, 0.6) is 5.75 Å². The Kier molecular flexibility index (Phi) is 4.23. The molecule has 0 aromatic heterocycles. The molecule has 0 amide bonds. The zero-order valence-electron chi connectivity index (χ0n) is 11.4. The molecule has 1 aliphatic carbocycles. The van der Waals surface area contributed by atoms with Crippen molar-refractivity contribution < 1.29 is 9.47 Å². The van der Waals surface area contributed by atoms with E-state index in [1.54, 1.807) is 0 Å². The predicted molar refractivity (Wildman–Crippen MR) is 76.8 cm³/mol. The highest BCUT2D eigenvalue weighted by molar-refractivity contribution is 5.47. The van der Waals surface area contributed by atoms with Crippen LogP contribution in [0, 0.1) is 0 Å². The Morgan fingerprint density at radius 2 is 1.63 bits per heavy atom. The van der Waals surface area contributed by atoms with E-state index in [9.17, 15) is 0 Å². The molecular weight excluding hydrogens is 238 g/mol. The third kappa shape index (κ3) is 3.63. The van der Waals surface area contributed by atoms with Crippen LogP contribution in [0.2, 0.25) is 0 Å². The maximum Gasteiger partial charge on any atom is 0.119 e. The van der Waals surface area contributed by atoms with Gasteiger partial charge in [0.05, 0.1) is 6.10 Å². The van der Waals surface area contributed by atoms with Gasteiger partial charge in [0.1, 0.15) is 5.75 Å². The van der Waals surface area contributed by atoms with Crippen LogP contribution in [0.25, 0.3) is 0 Å². The number of hydrogen-bond acceptors (Lipinski definition) is 3. The first-order valence-electron chi connectivity index (χ1n) is 7.51. The summed E-state index contributed by atoms with van der Waals surface area (Å²) in [5.74, 6) is 1.00. The van der Waals surface area contributed by atoms with Crippen LogP contribution in [0.1, 0.15) is 38.5 Å². The molecule has 19 heavy (non-hydrogen) atoms. The van der Waals surface area contributed by atoms with Crippen LogP contribution in [0.4, 0.5) is 5.69 Å². The summed E-state index contributed by atoms with van der Waals surface area (Å²) in [6, 6.07) is 8.97. The van der Waals surface area contributed by atoms with Crippen molar-refractivity contribution in [1.82, 2.24) is 0 Å². The molecule has 0 spiro atoms. The summed E-state index contributed by atoms with van der Waals surface area (Å²) < 4.78 is 11.3. The van der Waals surface area contributed by atoms with E-state index in [1.807, 2.05) is 0 Å². The largest absolute Gasteiger partial charge is 0.490 e. The quantitative estimate of drug-likeness (QED) is 0.898. The van der Waals surface area contributed by atoms with Gasteiger partial charge in [0.15, 0.2) is 0 Å². The molecule has 1 N–H and O–H groups in total. The van der Waals surface area contributed by atoms with Crippen molar-refractivity contribution in [3.63, 3.8) is 0 Å². The fourth-order valence-electron chi connectivity index (χ4n) is 2.91. The van der Waals surface area contributed by atoms with Crippen molar-refractivity contribution in [3.05, 3.63) is 24.3 Å². The smallest absolute Gasteiger partial charge is 0.119 e. The van der Waals surface area contributed by atoms with E-state index in [4.69, 9.17) is 9.47 Å². The number of nitrogens with one attached hydrogen (secondary N) is 1. The average Bonchev–Trinajstić information content (AvgIpc) is 2.95. The van der Waals surface area contributed by atoms with Gasteiger partial charge in [-0.15, -0.1) is 0 Å². The molecular formula is C16H23NO2. The minimum Gasteiger partial charge on any atom is -0.490 e. The van der Waals surface area contributed by atoms with Crippen molar-refractivity contribution in [3.8, 4) is 5.75 Å². The Hall–Kier alpha value is -1.22. The lowest BCUT2D eigenvalue weighted by molar-refractivity contribution is 0.0904. The molecule has 1 aromatic carbocycles. The van der Waals surface area contributed by atoms with E-state index in [-0.39, 0.29) is 0 Å². The van der Waals surface area contributed by atoms with Crippen molar-refractivity contribution in [2.24, 2.45) is 0 Å². The molecule has 2 aliphatic rings. The standard InChI is InChI=1S/C16H23NO2/c1-2-4-15(3-1)19-16-7-5-13(6-8-16)17-14-9-11-18-12-10-14/h5-8,14-15,17H,1-4,9-12H2. The molecule has 0 atom stereocenters. The molecule has 0 bridgehead atoms. The molecule has 1 aliphatic heterocycles. The predicted octanol–water partition coefficient (Wildman–Crippen LogP) is 3.60. The first kappa shape index (κ1) is 12.8. The average molecular weight is 261 g/mol. The molecule has 0 radical (unpaired) electrons. The van der Waals surface area contributed by atoms with Crippen molar-refractivity contribution in [1.29, 1.82) is 0 Å². The van der Waals surface area contributed by atoms with Crippen molar-refractivity contribution in [2.45, 2.75) is 50.7 Å². The van der Waals surface area contributed by atoms with E-state index >= 15 is 0 Å². The van der Waals surface area contributed by atoms with Gasteiger partial charge in [-0.05, 0) is 62.8 Å². The Morgan fingerprint density at radius 1 is 0.947 bits per heavy atom. The number of benzene rings is 1. The lowest BCUT2D eigenvalue weighted by atomic mass is 10.1. The lowest BCUT2D eigenvalue weighted by Gasteiger charge is -2.24. The summed E-state index contributed by atoms with van der Waals surface area (Å²) in [6.07, 6.45) is 7.68. The second kappa shape index (κ2) is 6.29. The van der Waals surface area contributed by atoms with Crippen LogP contribution in [-0.4, -0.2) is 25.4 Å². The summed E-state index contributed by atoms with van der Waals surface area (Å²) in [4.78, 5) is 0. The fraction of sp³-hybridized carbons (Fsp3) is 0.625. The van der Waals surface area contributed by atoms with E-state index in [0.717, 1.165) is 31.8 Å². The van der Waals surface area contributed by atoms with Crippen LogP contribution >= 0.6 is 0 Å². The highest BCUT2D eigenvalue weighted by Crippen LogP contribution is 2.25. The summed E-state index contributed by atoms with van der Waals surface area (Å²) in [5.41, 5.74) is 1.19. The van der Waals surface area contributed by atoms with Crippen LogP contribution < -0.4 is 10.1 Å². The monoisotopic (exact) mass is 261 g/mol. The SMILES string of the molecule is c1cc(OC2CCCC2)ccc1NC1CCOCC1. The topological polar surface area (TPSA) is 30.5 Å². The maximum atomic E-state index is 5.97. The first-order chi connectivity index (χ1) is 9.40. The molecule has 1 saturated heterocycles. The van der Waals surface area contributed by atoms with Gasteiger partial charge in [0, 0.05) is 24.9 Å². The second-order valence-electron chi connectivity index (χ2n) is 5.58. The van der Waals surface area contributed by atoms with Crippen molar-refractivity contribution >= 4 is 5.69 Å². The highest BCUT2D eigenvalue weighted by Gasteiger charge is 2.16. The minimum absolute atomic E-state index is 0.439. The third-order valence-corrected chi connectivity index (χ3v) is 4.05. The van der Waals surface area contributed by atoms with E-state index in [2.05, 4.69) is 29.6 Å². The molecule has 1 aromatic rings. The maximum absolute atomic E-state index is 5.97. The fourth-order valence-corrected chi connectivity index (χ4v) is 2.91. The summed E-state index contributed by atoms with van der Waals surface area (Å²) >= 11 is 0. The number of ether oxygens (including phenoxy) is 2. The van der Waals surface area contributed by atoms with Gasteiger partial charge in [-0.1, -0.05) is 0 Å². The Balaban J connectivity index is 1.52. The van der Waals surface area contributed by atoms with Crippen LogP contribution in [0.15, 0.2) is 24.3 Å². The van der Waals surface area contributed by atoms with Gasteiger partial charge >= 0.3 is 0 Å². The summed E-state index contributed by atoms with van der Waals surface area (Å²) in [6.45, 7) is 1.75. The van der Waals surface area contributed by atoms with Gasteiger partial charge < -0.3 is 14.8 Å². The molecule has 0 unspecified atom stereocenters. The van der Waals surface area contributed by atoms with E-state index in [1.165, 1.54) is 31.4 Å². The normalized spacial score (nSPS) is 21.5. The van der Waals surface area contributed by atoms with Gasteiger partial charge in [0.25, 0.3) is 0 Å². The first-order valence-corrected chi connectivity index (χ1v) is 7.51. The highest BCUT2D eigenvalue weighted by atomic mass is 16.5. The molecule has 3 rings (SSSR count). The summed E-state index contributed by atoms with van der Waals surface area (Å²) in [5, 5.41) is 3.57. The summed E-state index contributed by atoms with van der Waals surface area (Å²) in [7, 11) is 0. The molecule has 2 fully saturated rings. The number of rotatable bonds is 4. The molecule has 1 saturated carbocycles. The van der Waals surface area contributed by atoms with Gasteiger partial charge in [-0.2, -0.15) is 0 Å². The number of hydrogen-bond donors (Lipinski definition) is 1. The third-order valence-electron chi connectivity index (χ3n) is 4.05. The molecule has 104 valence electrons. The zero-order chi connectivity index (χ0) is 12.9. The lowest BCUT2D eigenvalue weighted by Crippen LogP contribution is -2.27. The Bertz CT molecular complexity index is 378. The Labute approximate surface area is 115 Å². The van der Waals surface area contributed by atoms with Crippen LogP contribution in [-0.2, 0) is 4.74 Å². The van der Waals surface area contributed by atoms with Crippen molar-refractivity contribution in [2.75, 3.05) is 18.5 Å². The minimum atomic E-state index is 0.439. The molecule has 3 heteroatoms. The van der Waals surface area contributed by atoms with E-state index in [0.29, 0.717) is 12.1 Å². The molecule has 3 nitrogen and oxygen atoms in total. The van der Waals surface area contributed by atoms with Crippen LogP contribution in [0.3, 0.4) is 0 Å². The van der Waals surface area contributed by atoms with E-state index < -0.39 is 0 Å². The second-order valence-corrected chi connectivity index (χ2v) is 5.58. The Morgan fingerprint density at radius 3 is 2.32 bits per heavy atom. The number of anilines is 1. The van der Waals surface area contributed by atoms with Gasteiger partial charge in [-0.3, -0.25) is 0 Å². The van der Waals surface area contributed by atoms with Gasteiger partial charge in [0.2, 0.25) is 0 Å².